The topological polar surface area (TPSA) is 137 Å². The highest BCUT2D eigenvalue weighted by Crippen LogP contribution is 2.41. The van der Waals surface area contributed by atoms with Gasteiger partial charge in [-0.25, -0.2) is 9.78 Å². The number of likely N-dealkylation sites (tertiary alicyclic amines) is 2. The highest BCUT2D eigenvalue weighted by molar-refractivity contribution is 6.04. The zero-order valence-corrected chi connectivity index (χ0v) is 32.1. The number of pyridine rings is 1. The molecule has 1 atom stereocenters. The van der Waals surface area contributed by atoms with Gasteiger partial charge >= 0.3 is 11.9 Å². The van der Waals surface area contributed by atoms with Crippen molar-refractivity contribution in [3.8, 4) is 5.75 Å². The van der Waals surface area contributed by atoms with Gasteiger partial charge in [-0.15, -0.1) is 0 Å². The number of aryl methyl sites for hydroxylation is 1. The number of fused-ring (bicyclic) bond motifs is 2. The molecule has 1 N–H and O–H groups in total. The van der Waals surface area contributed by atoms with E-state index in [0.717, 1.165) is 103 Å². The van der Waals surface area contributed by atoms with E-state index in [-0.39, 0.29) is 41.6 Å². The summed E-state index contributed by atoms with van der Waals surface area (Å²) < 4.78 is 50.3. The molecular formula is C41H45F3N8O5. The summed E-state index contributed by atoms with van der Waals surface area (Å²) in [4.78, 5) is 58.9. The molecule has 0 spiro atoms. The minimum Gasteiger partial charge on any atom is -0.496 e. The first kappa shape index (κ1) is 38.4. The molecular weight excluding hydrogens is 741 g/mol. The third-order valence-electron chi connectivity index (χ3n) is 12.2. The quantitative estimate of drug-likeness (QED) is 0.181. The van der Waals surface area contributed by atoms with Crippen molar-refractivity contribution in [2.24, 2.45) is 13.0 Å². The van der Waals surface area contributed by atoms with Crippen LogP contribution in [0.25, 0.3) is 21.9 Å². The minimum atomic E-state index is -4.64. The van der Waals surface area contributed by atoms with Crippen LogP contribution in [0.3, 0.4) is 0 Å². The fourth-order valence-corrected chi connectivity index (χ4v) is 9.08. The van der Waals surface area contributed by atoms with Gasteiger partial charge in [-0.05, 0) is 112 Å². The maximum atomic E-state index is 13.7. The van der Waals surface area contributed by atoms with Crippen molar-refractivity contribution in [3.63, 3.8) is 0 Å². The van der Waals surface area contributed by atoms with Crippen LogP contribution in [0.2, 0.25) is 0 Å². The molecule has 3 amide bonds. The smallest absolute Gasteiger partial charge is 0.433 e. The third kappa shape index (κ3) is 7.30. The number of imidazole rings is 1. The minimum absolute atomic E-state index is 0.170. The van der Waals surface area contributed by atoms with E-state index >= 15 is 0 Å². The zero-order valence-electron chi connectivity index (χ0n) is 32.1. The van der Waals surface area contributed by atoms with Crippen molar-refractivity contribution >= 4 is 45.3 Å². The summed E-state index contributed by atoms with van der Waals surface area (Å²) in [5, 5.41) is 8.29. The van der Waals surface area contributed by atoms with Crippen LogP contribution in [0.15, 0.2) is 59.5 Å². The first-order chi connectivity index (χ1) is 27.3. The molecule has 5 heterocycles. The van der Waals surface area contributed by atoms with E-state index in [9.17, 15) is 32.3 Å². The summed E-state index contributed by atoms with van der Waals surface area (Å²) in [6, 6.07) is 11.7. The van der Waals surface area contributed by atoms with E-state index in [2.05, 4.69) is 15.2 Å². The number of carbonyl (C=O) groups is 3. The van der Waals surface area contributed by atoms with Crippen LogP contribution in [0.1, 0.15) is 91.1 Å². The molecule has 300 valence electrons. The number of hydrogen-bond donors (Lipinski definition) is 1. The summed E-state index contributed by atoms with van der Waals surface area (Å²) in [6.45, 7) is 2.84. The number of anilines is 1. The molecule has 8 rings (SSSR count). The van der Waals surface area contributed by atoms with E-state index in [1.54, 1.807) is 41.5 Å². The van der Waals surface area contributed by atoms with Gasteiger partial charge in [-0.1, -0.05) is 6.07 Å². The number of likely N-dealkylation sites (N-methyl/N-ethyl adjacent to an activating group) is 1. The maximum absolute atomic E-state index is 13.7. The first-order valence-corrected chi connectivity index (χ1v) is 19.5. The monoisotopic (exact) mass is 786 g/mol. The van der Waals surface area contributed by atoms with Gasteiger partial charge in [0.2, 0.25) is 5.91 Å². The predicted octanol–water partition coefficient (Wildman–Crippen LogP) is 6.30. The normalized spacial score (nSPS) is 21.4. The van der Waals surface area contributed by atoms with E-state index in [1.165, 1.54) is 13.1 Å². The van der Waals surface area contributed by atoms with Gasteiger partial charge in [0.1, 0.15) is 23.2 Å². The van der Waals surface area contributed by atoms with Crippen LogP contribution < -0.4 is 15.7 Å². The van der Waals surface area contributed by atoms with Crippen molar-refractivity contribution < 1.29 is 32.3 Å². The number of benzene rings is 2. The number of amides is 3. The molecule has 1 saturated carbocycles. The molecule has 13 nitrogen and oxygen atoms in total. The summed E-state index contributed by atoms with van der Waals surface area (Å²) in [5.41, 5.74) is 1.96. The number of nitrogens with zero attached hydrogens (tertiary/aromatic N) is 7. The molecule has 5 aromatic rings. The van der Waals surface area contributed by atoms with Crippen molar-refractivity contribution in [2.75, 3.05) is 39.1 Å². The second-order valence-corrected chi connectivity index (χ2v) is 15.6. The number of halogens is 3. The van der Waals surface area contributed by atoms with Crippen molar-refractivity contribution in [1.82, 2.24) is 33.7 Å². The number of alkyl halides is 3. The standard InChI is InChI=1S/C41H45F3N8O5/c1-48-35(53)16-14-32(39(48)55)52-31-13-15-33(57-3)36(37(31)49(2)40(52)56)25-17-19-50(20-18-25)22-24-7-10-28(11-8-24)51-23-26-21-27(9-12-29(26)47-51)45-38(54)30-5-4-6-34(46-30)41(42,43)44/h4-6,9,12-13,15,21,23-25,28,32H,7-8,10-11,14,16-20,22H2,1-3H3,(H,45,54)/t24-,28-,32?. The van der Waals surface area contributed by atoms with Gasteiger partial charge in [0, 0.05) is 49.9 Å². The zero-order chi connectivity index (χ0) is 40.2. The molecule has 0 radical (unpaired) electrons. The highest BCUT2D eigenvalue weighted by Gasteiger charge is 2.37. The van der Waals surface area contributed by atoms with Crippen molar-refractivity contribution in [3.05, 3.63) is 82.2 Å². The Morgan fingerprint density at radius 3 is 2.42 bits per heavy atom. The average molecular weight is 787 g/mol. The predicted molar refractivity (Wildman–Crippen MR) is 206 cm³/mol. The van der Waals surface area contributed by atoms with Crippen LogP contribution in [-0.4, -0.2) is 85.2 Å². The Labute approximate surface area is 326 Å². The molecule has 16 heteroatoms. The summed E-state index contributed by atoms with van der Waals surface area (Å²) >= 11 is 0. The largest absolute Gasteiger partial charge is 0.496 e. The SMILES string of the molecule is COc1ccc2c(c1C1CCN(C[C@H]3CC[C@H](n4cc5cc(NC(=O)c6cccc(C(F)(F)F)n6)ccc5n4)CC3)CC1)n(C)c(=O)n2C1CCC(=O)N(C)C1=O. The molecule has 3 aromatic heterocycles. The Balaban J connectivity index is 0.882. The molecule has 2 aliphatic heterocycles. The van der Waals surface area contributed by atoms with E-state index in [4.69, 9.17) is 9.84 Å². The Kier molecular flexibility index (Phi) is 10.2. The van der Waals surface area contributed by atoms with Crippen LogP contribution in [-0.2, 0) is 22.8 Å². The number of hydrogen-bond acceptors (Lipinski definition) is 8. The number of aromatic nitrogens is 5. The molecule has 0 bridgehead atoms. The number of methoxy groups -OCH3 is 1. The van der Waals surface area contributed by atoms with Gasteiger partial charge in [0.15, 0.2) is 0 Å². The van der Waals surface area contributed by atoms with Crippen molar-refractivity contribution in [1.29, 1.82) is 0 Å². The number of piperidine rings is 2. The maximum Gasteiger partial charge on any atom is 0.433 e. The van der Waals surface area contributed by atoms with E-state index in [1.807, 2.05) is 23.0 Å². The van der Waals surface area contributed by atoms with Gasteiger partial charge in [0.05, 0.1) is 29.7 Å². The lowest BCUT2D eigenvalue weighted by Crippen LogP contribution is -2.45. The third-order valence-corrected chi connectivity index (χ3v) is 12.2. The molecule has 1 unspecified atom stereocenters. The number of imide groups is 1. The Bertz CT molecular complexity index is 2420. The number of carbonyl (C=O) groups excluding carboxylic acids is 3. The second kappa shape index (κ2) is 15.1. The summed E-state index contributed by atoms with van der Waals surface area (Å²) in [7, 11) is 4.86. The Morgan fingerprint density at radius 1 is 0.947 bits per heavy atom. The lowest BCUT2D eigenvalue weighted by Gasteiger charge is -2.37. The number of nitrogens with one attached hydrogen (secondary N) is 1. The van der Waals surface area contributed by atoms with Gasteiger partial charge in [0.25, 0.3) is 11.8 Å². The lowest BCUT2D eigenvalue weighted by atomic mass is 9.84. The molecule has 3 aliphatic rings. The van der Waals surface area contributed by atoms with Gasteiger partial charge < -0.3 is 15.0 Å². The van der Waals surface area contributed by atoms with E-state index in [0.29, 0.717) is 23.5 Å². The molecule has 3 fully saturated rings. The number of rotatable bonds is 8. The second-order valence-electron chi connectivity index (χ2n) is 15.6. The summed E-state index contributed by atoms with van der Waals surface area (Å²) in [5.74, 6) is 0.129. The van der Waals surface area contributed by atoms with Crippen LogP contribution in [0, 0.1) is 5.92 Å². The molecule has 2 saturated heterocycles. The lowest BCUT2D eigenvalue weighted by molar-refractivity contribution is -0.149. The number of ether oxygens (including phenoxy) is 1. The van der Waals surface area contributed by atoms with Crippen LogP contribution in [0.4, 0.5) is 18.9 Å². The Hall–Kier alpha value is -5.51. The van der Waals surface area contributed by atoms with Crippen LogP contribution >= 0.6 is 0 Å². The molecule has 2 aromatic carbocycles. The van der Waals surface area contributed by atoms with Crippen molar-refractivity contribution in [2.45, 2.75) is 75.5 Å². The van der Waals surface area contributed by atoms with Gasteiger partial charge in [-0.3, -0.25) is 33.1 Å². The molecule has 57 heavy (non-hydrogen) atoms. The van der Waals surface area contributed by atoms with E-state index < -0.39 is 23.8 Å². The fourth-order valence-electron chi connectivity index (χ4n) is 9.08. The summed E-state index contributed by atoms with van der Waals surface area (Å²) in [6.07, 6.45) is 3.73. The van der Waals surface area contributed by atoms with Gasteiger partial charge in [-0.2, -0.15) is 18.3 Å². The molecule has 1 aliphatic carbocycles. The van der Waals surface area contributed by atoms with Crippen LogP contribution in [0.5, 0.6) is 5.75 Å². The Morgan fingerprint density at radius 2 is 1.70 bits per heavy atom. The highest BCUT2D eigenvalue weighted by atomic mass is 19.4. The average Bonchev–Trinajstić information content (AvgIpc) is 3.74. The fraction of sp³-hybridized carbons (Fsp3) is 0.463. The first-order valence-electron chi connectivity index (χ1n) is 19.5.